The van der Waals surface area contributed by atoms with Crippen LogP contribution in [0.5, 0.6) is 0 Å². The summed E-state index contributed by atoms with van der Waals surface area (Å²) >= 11 is 0. The van der Waals surface area contributed by atoms with Crippen molar-refractivity contribution in [3.8, 4) is 0 Å². The number of hydrogen-bond donors (Lipinski definition) is 0. The number of carbonyl (C=O) groups excluding carboxylic acids is 1. The molecule has 1 amide bonds. The molecule has 0 aliphatic carbocycles. The smallest absolute Gasteiger partial charge is 0.268 e. The molecule has 0 bridgehead atoms. The second-order valence-electron chi connectivity index (χ2n) is 1.59. The van der Waals surface area contributed by atoms with E-state index >= 15 is 0 Å². The third-order valence-corrected chi connectivity index (χ3v) is 0.912. The lowest BCUT2D eigenvalue weighted by molar-refractivity contribution is -0.120. The van der Waals surface area contributed by atoms with Gasteiger partial charge in [0.05, 0.1) is 6.21 Å². The molecule has 0 heterocycles. The molecule has 0 aromatic rings. The summed E-state index contributed by atoms with van der Waals surface area (Å²) in [6.45, 7) is 6.73. The van der Waals surface area contributed by atoms with Crippen molar-refractivity contribution in [3.05, 3.63) is 25.6 Å². The van der Waals surface area contributed by atoms with Crippen molar-refractivity contribution < 1.29 is 4.79 Å². The Labute approximate surface area is 60.4 Å². The Bertz CT molecular complexity index is 172. The molecule has 0 rings (SSSR count). The van der Waals surface area contributed by atoms with Gasteiger partial charge in [-0.3, -0.25) is 9.79 Å². The Morgan fingerprint density at radius 1 is 1.60 bits per heavy atom. The number of carbonyl (C=O) groups is 1. The number of aliphatic imine (C=N–C) groups is 1. The number of rotatable bonds is 3. The van der Waals surface area contributed by atoms with Crippen LogP contribution < -0.4 is 0 Å². The second kappa shape index (κ2) is 4.49. The zero-order chi connectivity index (χ0) is 7.98. The highest BCUT2D eigenvalue weighted by molar-refractivity contribution is 6.26. The van der Waals surface area contributed by atoms with Crippen molar-refractivity contribution in [1.82, 2.24) is 4.90 Å². The van der Waals surface area contributed by atoms with Gasteiger partial charge in [-0.1, -0.05) is 13.2 Å². The average molecular weight is 138 g/mol. The van der Waals surface area contributed by atoms with Gasteiger partial charge in [-0.05, 0) is 6.20 Å². The summed E-state index contributed by atoms with van der Waals surface area (Å²) in [5.74, 6) is -0.213. The van der Waals surface area contributed by atoms with Gasteiger partial charge in [0.2, 0.25) is 0 Å². The SMILES string of the molecule is C=CN=CC(=O)N(C)C=C. The molecule has 3 heteroatoms. The van der Waals surface area contributed by atoms with Gasteiger partial charge in [-0.25, -0.2) is 0 Å². The maximum Gasteiger partial charge on any atom is 0.268 e. The molecule has 3 nitrogen and oxygen atoms in total. The molecule has 10 heavy (non-hydrogen) atoms. The largest absolute Gasteiger partial charge is 0.318 e. The highest BCUT2D eigenvalue weighted by Gasteiger charge is 1.97. The highest BCUT2D eigenvalue weighted by atomic mass is 16.2. The van der Waals surface area contributed by atoms with E-state index in [4.69, 9.17) is 0 Å². The van der Waals surface area contributed by atoms with Crippen molar-refractivity contribution in [2.75, 3.05) is 7.05 Å². The van der Waals surface area contributed by atoms with Gasteiger partial charge in [0, 0.05) is 13.2 Å². The minimum absolute atomic E-state index is 0.213. The van der Waals surface area contributed by atoms with E-state index in [-0.39, 0.29) is 5.91 Å². The minimum Gasteiger partial charge on any atom is -0.318 e. The van der Waals surface area contributed by atoms with E-state index < -0.39 is 0 Å². The van der Waals surface area contributed by atoms with Crippen molar-refractivity contribution in [1.29, 1.82) is 0 Å². The molecule has 0 aliphatic rings. The zero-order valence-corrected chi connectivity index (χ0v) is 5.95. The van der Waals surface area contributed by atoms with Gasteiger partial charge in [0.25, 0.3) is 5.91 Å². The quantitative estimate of drug-likeness (QED) is 0.531. The summed E-state index contributed by atoms with van der Waals surface area (Å²) in [5.41, 5.74) is 0. The van der Waals surface area contributed by atoms with Crippen LogP contribution in [0.1, 0.15) is 0 Å². The minimum atomic E-state index is -0.213. The predicted octanol–water partition coefficient (Wildman–Crippen LogP) is 0.803. The molecule has 0 atom stereocenters. The lowest BCUT2D eigenvalue weighted by Gasteiger charge is -2.05. The molecule has 0 aromatic heterocycles. The maximum atomic E-state index is 10.8. The van der Waals surface area contributed by atoms with Crippen molar-refractivity contribution >= 4 is 12.1 Å². The number of amides is 1. The molecule has 0 fully saturated rings. The van der Waals surface area contributed by atoms with Gasteiger partial charge in [0.15, 0.2) is 0 Å². The second-order valence-corrected chi connectivity index (χ2v) is 1.59. The number of hydrogen-bond acceptors (Lipinski definition) is 2. The van der Waals surface area contributed by atoms with E-state index in [9.17, 15) is 4.79 Å². The predicted molar refractivity (Wildman–Crippen MR) is 41.7 cm³/mol. The molecular weight excluding hydrogens is 128 g/mol. The van der Waals surface area contributed by atoms with Crippen LogP contribution in [0.15, 0.2) is 30.6 Å². The topological polar surface area (TPSA) is 32.7 Å². The summed E-state index contributed by atoms with van der Waals surface area (Å²) in [4.78, 5) is 15.7. The lowest BCUT2D eigenvalue weighted by atomic mass is 10.6. The summed E-state index contributed by atoms with van der Waals surface area (Å²) in [7, 11) is 1.60. The van der Waals surface area contributed by atoms with Crippen molar-refractivity contribution in [2.24, 2.45) is 4.99 Å². The van der Waals surface area contributed by atoms with Crippen molar-refractivity contribution in [2.45, 2.75) is 0 Å². The fourth-order valence-corrected chi connectivity index (χ4v) is 0.298. The molecular formula is C7H10N2O. The van der Waals surface area contributed by atoms with Gasteiger partial charge in [-0.2, -0.15) is 0 Å². The Morgan fingerprint density at radius 3 is 2.60 bits per heavy atom. The van der Waals surface area contributed by atoms with Crippen LogP contribution in [0.2, 0.25) is 0 Å². The van der Waals surface area contributed by atoms with E-state index in [0.717, 1.165) is 0 Å². The van der Waals surface area contributed by atoms with E-state index in [1.54, 1.807) is 7.05 Å². The van der Waals surface area contributed by atoms with Gasteiger partial charge in [0.1, 0.15) is 0 Å². The molecule has 54 valence electrons. The summed E-state index contributed by atoms with van der Waals surface area (Å²) in [5, 5.41) is 0. The molecule has 0 aliphatic heterocycles. The third-order valence-electron chi connectivity index (χ3n) is 0.912. The van der Waals surface area contributed by atoms with Gasteiger partial charge in [-0.15, -0.1) is 0 Å². The summed E-state index contributed by atoms with van der Waals surface area (Å²) < 4.78 is 0. The van der Waals surface area contributed by atoms with Crippen molar-refractivity contribution in [3.63, 3.8) is 0 Å². The molecule has 0 unspecified atom stereocenters. The fraction of sp³-hybridized carbons (Fsp3) is 0.143. The molecule has 0 saturated heterocycles. The average Bonchev–Trinajstić information content (AvgIpc) is 1.98. The molecule has 0 aromatic carbocycles. The first-order valence-corrected chi connectivity index (χ1v) is 2.75. The summed E-state index contributed by atoms with van der Waals surface area (Å²) in [6, 6.07) is 0. The Balaban J connectivity index is 3.95. The fourth-order valence-electron chi connectivity index (χ4n) is 0.298. The molecule has 0 radical (unpaired) electrons. The zero-order valence-electron chi connectivity index (χ0n) is 5.95. The normalized spacial score (nSPS) is 9.30. The number of nitrogens with zero attached hydrogens (tertiary/aromatic N) is 2. The Morgan fingerprint density at radius 2 is 2.20 bits per heavy atom. The van der Waals surface area contributed by atoms with Crippen LogP contribution in [-0.4, -0.2) is 24.1 Å². The molecule has 0 spiro atoms. The monoisotopic (exact) mass is 138 g/mol. The maximum absolute atomic E-state index is 10.8. The van der Waals surface area contributed by atoms with E-state index in [1.165, 1.54) is 23.5 Å². The first-order chi connectivity index (χ1) is 4.72. The van der Waals surface area contributed by atoms with Crippen LogP contribution >= 0.6 is 0 Å². The van der Waals surface area contributed by atoms with E-state index in [2.05, 4.69) is 18.2 Å². The molecule has 0 N–H and O–H groups in total. The highest BCUT2D eigenvalue weighted by Crippen LogP contribution is 1.80. The van der Waals surface area contributed by atoms with Crippen LogP contribution in [0.25, 0.3) is 0 Å². The van der Waals surface area contributed by atoms with Crippen LogP contribution in [0.4, 0.5) is 0 Å². The van der Waals surface area contributed by atoms with Gasteiger partial charge >= 0.3 is 0 Å². The Kier molecular flexibility index (Phi) is 3.87. The Hall–Kier alpha value is -1.38. The molecule has 0 saturated carbocycles. The van der Waals surface area contributed by atoms with E-state index in [0.29, 0.717) is 0 Å². The van der Waals surface area contributed by atoms with Crippen LogP contribution in [0, 0.1) is 0 Å². The summed E-state index contributed by atoms with van der Waals surface area (Å²) in [6.07, 6.45) is 3.89. The first kappa shape index (κ1) is 8.62. The van der Waals surface area contributed by atoms with Gasteiger partial charge < -0.3 is 4.90 Å². The van der Waals surface area contributed by atoms with E-state index in [1.807, 2.05) is 0 Å². The standard InChI is InChI=1S/C7H10N2O/c1-4-8-6-7(10)9(3)5-2/h4-6H,1-2H2,3H3. The lowest BCUT2D eigenvalue weighted by Crippen LogP contribution is -2.20. The van der Waals surface area contributed by atoms with Crippen LogP contribution in [-0.2, 0) is 4.79 Å². The van der Waals surface area contributed by atoms with Crippen LogP contribution in [0.3, 0.4) is 0 Å². The third kappa shape index (κ3) is 2.81. The first-order valence-electron chi connectivity index (χ1n) is 2.75.